The number of carbonyl (C=O) groups is 1. The standard InChI is InChI=1S/C14H19NO/c1-10(2)6-14-13(9-16)7-12(8-15-14)11-4-3-5-11/h7-11H,3-6H2,1-2H3. The Labute approximate surface area is 97.1 Å². The van der Waals surface area contributed by atoms with Crippen molar-refractivity contribution in [1.82, 2.24) is 4.98 Å². The molecule has 2 nitrogen and oxygen atoms in total. The Kier molecular flexibility index (Phi) is 3.37. The minimum absolute atomic E-state index is 0.542. The van der Waals surface area contributed by atoms with Gasteiger partial charge >= 0.3 is 0 Å². The van der Waals surface area contributed by atoms with Crippen LogP contribution in [0.4, 0.5) is 0 Å². The predicted molar refractivity (Wildman–Crippen MR) is 64.8 cm³/mol. The van der Waals surface area contributed by atoms with Crippen LogP contribution in [0.5, 0.6) is 0 Å². The van der Waals surface area contributed by atoms with E-state index in [1.165, 1.54) is 24.8 Å². The first-order chi connectivity index (χ1) is 7.70. The molecule has 1 saturated carbocycles. The highest BCUT2D eigenvalue weighted by Gasteiger charge is 2.20. The predicted octanol–water partition coefficient (Wildman–Crippen LogP) is 3.36. The molecule has 0 unspecified atom stereocenters. The van der Waals surface area contributed by atoms with Gasteiger partial charge in [-0.1, -0.05) is 20.3 Å². The van der Waals surface area contributed by atoms with Crippen LogP contribution in [0.3, 0.4) is 0 Å². The number of aromatic nitrogens is 1. The Balaban J connectivity index is 2.23. The summed E-state index contributed by atoms with van der Waals surface area (Å²) in [7, 11) is 0. The van der Waals surface area contributed by atoms with Gasteiger partial charge in [0, 0.05) is 11.8 Å². The maximum Gasteiger partial charge on any atom is 0.151 e. The van der Waals surface area contributed by atoms with E-state index >= 15 is 0 Å². The first kappa shape index (κ1) is 11.3. The summed E-state index contributed by atoms with van der Waals surface area (Å²) in [5.41, 5.74) is 2.99. The smallest absolute Gasteiger partial charge is 0.151 e. The molecule has 2 heteroatoms. The molecule has 1 fully saturated rings. The zero-order chi connectivity index (χ0) is 11.5. The van der Waals surface area contributed by atoms with Crippen LogP contribution in [-0.4, -0.2) is 11.3 Å². The summed E-state index contributed by atoms with van der Waals surface area (Å²) in [5, 5.41) is 0. The molecule has 1 aliphatic rings. The number of nitrogens with zero attached hydrogens (tertiary/aromatic N) is 1. The van der Waals surface area contributed by atoms with E-state index in [4.69, 9.17) is 0 Å². The molecule has 86 valence electrons. The minimum atomic E-state index is 0.542. The molecule has 0 spiro atoms. The second kappa shape index (κ2) is 4.77. The first-order valence-corrected chi connectivity index (χ1v) is 6.14. The van der Waals surface area contributed by atoms with Crippen molar-refractivity contribution in [2.75, 3.05) is 0 Å². The molecule has 0 bridgehead atoms. The largest absolute Gasteiger partial charge is 0.298 e. The third-order valence-corrected chi connectivity index (χ3v) is 3.33. The lowest BCUT2D eigenvalue weighted by atomic mass is 9.80. The summed E-state index contributed by atoms with van der Waals surface area (Å²) in [6.45, 7) is 4.30. The van der Waals surface area contributed by atoms with Gasteiger partial charge in [-0.2, -0.15) is 0 Å². The van der Waals surface area contributed by atoms with Crippen molar-refractivity contribution in [2.45, 2.75) is 45.4 Å². The van der Waals surface area contributed by atoms with E-state index in [1.807, 2.05) is 12.3 Å². The maximum atomic E-state index is 11.0. The third-order valence-electron chi connectivity index (χ3n) is 3.33. The van der Waals surface area contributed by atoms with E-state index in [9.17, 15) is 4.79 Å². The Morgan fingerprint density at radius 2 is 2.25 bits per heavy atom. The molecule has 0 N–H and O–H groups in total. The van der Waals surface area contributed by atoms with Crippen molar-refractivity contribution in [3.05, 3.63) is 29.1 Å². The Hall–Kier alpha value is -1.18. The molecule has 0 saturated heterocycles. The topological polar surface area (TPSA) is 30.0 Å². The average Bonchev–Trinajstić information content (AvgIpc) is 2.16. The zero-order valence-corrected chi connectivity index (χ0v) is 10.1. The van der Waals surface area contributed by atoms with Crippen molar-refractivity contribution >= 4 is 6.29 Å². The van der Waals surface area contributed by atoms with E-state index in [0.717, 1.165) is 24.0 Å². The van der Waals surface area contributed by atoms with Crippen LogP contribution in [0.2, 0.25) is 0 Å². The van der Waals surface area contributed by atoms with Gasteiger partial charge < -0.3 is 0 Å². The molecule has 0 aromatic carbocycles. The van der Waals surface area contributed by atoms with Gasteiger partial charge in [0.05, 0.1) is 5.69 Å². The average molecular weight is 217 g/mol. The molecule has 0 radical (unpaired) electrons. The van der Waals surface area contributed by atoms with Gasteiger partial charge in [-0.3, -0.25) is 9.78 Å². The van der Waals surface area contributed by atoms with E-state index in [-0.39, 0.29) is 0 Å². The second-order valence-corrected chi connectivity index (χ2v) is 5.15. The number of pyridine rings is 1. The Morgan fingerprint density at radius 3 is 2.75 bits per heavy atom. The van der Waals surface area contributed by atoms with Gasteiger partial charge in [-0.25, -0.2) is 0 Å². The van der Waals surface area contributed by atoms with E-state index in [0.29, 0.717) is 11.8 Å². The molecule has 1 aromatic heterocycles. The van der Waals surface area contributed by atoms with Gasteiger partial charge in [-0.15, -0.1) is 0 Å². The highest BCUT2D eigenvalue weighted by Crippen LogP contribution is 2.36. The normalized spacial score (nSPS) is 16.2. The summed E-state index contributed by atoms with van der Waals surface area (Å²) in [5.74, 6) is 1.19. The minimum Gasteiger partial charge on any atom is -0.298 e. The summed E-state index contributed by atoms with van der Waals surface area (Å²) in [6, 6.07) is 2.04. The van der Waals surface area contributed by atoms with Crippen LogP contribution >= 0.6 is 0 Å². The van der Waals surface area contributed by atoms with Crippen LogP contribution in [0.1, 0.15) is 60.6 Å². The van der Waals surface area contributed by atoms with E-state index in [1.54, 1.807) is 0 Å². The van der Waals surface area contributed by atoms with Crippen molar-refractivity contribution in [3.8, 4) is 0 Å². The number of hydrogen-bond acceptors (Lipinski definition) is 2. The van der Waals surface area contributed by atoms with Crippen LogP contribution < -0.4 is 0 Å². The van der Waals surface area contributed by atoms with Crippen molar-refractivity contribution in [2.24, 2.45) is 5.92 Å². The van der Waals surface area contributed by atoms with Gasteiger partial charge in [0.1, 0.15) is 0 Å². The lowest BCUT2D eigenvalue weighted by Gasteiger charge is -2.26. The van der Waals surface area contributed by atoms with Crippen LogP contribution in [0.25, 0.3) is 0 Å². The van der Waals surface area contributed by atoms with Crippen LogP contribution in [0, 0.1) is 5.92 Å². The van der Waals surface area contributed by atoms with Crippen molar-refractivity contribution in [1.29, 1.82) is 0 Å². The molecular weight excluding hydrogens is 198 g/mol. The summed E-state index contributed by atoms with van der Waals surface area (Å²) in [6.07, 6.45) is 7.63. The van der Waals surface area contributed by atoms with Crippen molar-refractivity contribution < 1.29 is 4.79 Å². The molecule has 1 aromatic rings. The SMILES string of the molecule is CC(C)Cc1ncc(C2CCC2)cc1C=O. The van der Waals surface area contributed by atoms with E-state index in [2.05, 4.69) is 18.8 Å². The molecule has 0 aliphatic heterocycles. The molecule has 16 heavy (non-hydrogen) atoms. The summed E-state index contributed by atoms with van der Waals surface area (Å²) >= 11 is 0. The number of aldehydes is 1. The summed E-state index contributed by atoms with van der Waals surface area (Å²) < 4.78 is 0. The molecule has 1 heterocycles. The fourth-order valence-corrected chi connectivity index (χ4v) is 2.15. The molecule has 1 aliphatic carbocycles. The molecule has 0 amide bonds. The number of rotatable bonds is 4. The highest BCUT2D eigenvalue weighted by atomic mass is 16.1. The quantitative estimate of drug-likeness (QED) is 0.724. The summed E-state index contributed by atoms with van der Waals surface area (Å²) in [4.78, 5) is 15.5. The fraction of sp³-hybridized carbons (Fsp3) is 0.571. The van der Waals surface area contributed by atoms with Gasteiger partial charge in [0.2, 0.25) is 0 Å². The number of carbonyl (C=O) groups excluding carboxylic acids is 1. The first-order valence-electron chi connectivity index (χ1n) is 6.14. The monoisotopic (exact) mass is 217 g/mol. The zero-order valence-electron chi connectivity index (χ0n) is 10.1. The second-order valence-electron chi connectivity index (χ2n) is 5.15. The fourth-order valence-electron chi connectivity index (χ4n) is 2.15. The van der Waals surface area contributed by atoms with Crippen LogP contribution in [-0.2, 0) is 6.42 Å². The highest BCUT2D eigenvalue weighted by molar-refractivity contribution is 5.76. The lowest BCUT2D eigenvalue weighted by Crippen LogP contribution is -2.11. The van der Waals surface area contributed by atoms with Crippen molar-refractivity contribution in [3.63, 3.8) is 0 Å². The van der Waals surface area contributed by atoms with Gasteiger partial charge in [-0.05, 0) is 42.7 Å². The third kappa shape index (κ3) is 2.31. The lowest BCUT2D eigenvalue weighted by molar-refractivity contribution is 0.112. The Bertz CT molecular complexity index is 380. The molecule has 2 rings (SSSR count). The molecular formula is C14H19NO. The maximum absolute atomic E-state index is 11.0. The van der Waals surface area contributed by atoms with Gasteiger partial charge in [0.15, 0.2) is 6.29 Å². The molecule has 0 atom stereocenters. The van der Waals surface area contributed by atoms with E-state index < -0.39 is 0 Å². The Morgan fingerprint density at radius 1 is 1.50 bits per heavy atom. The van der Waals surface area contributed by atoms with Crippen LogP contribution in [0.15, 0.2) is 12.3 Å². The van der Waals surface area contributed by atoms with Gasteiger partial charge in [0.25, 0.3) is 0 Å². The number of hydrogen-bond donors (Lipinski definition) is 0.